The molecule has 0 saturated heterocycles. The van der Waals surface area contributed by atoms with Crippen molar-refractivity contribution in [1.29, 1.82) is 0 Å². The van der Waals surface area contributed by atoms with Crippen molar-refractivity contribution in [2.45, 2.75) is 58.4 Å². The van der Waals surface area contributed by atoms with Gasteiger partial charge in [-0.3, -0.25) is 9.10 Å². The third-order valence-corrected chi connectivity index (χ3v) is 8.27. The molecule has 192 valence electrons. The van der Waals surface area contributed by atoms with E-state index in [2.05, 4.69) is 25.2 Å². The molecule has 1 unspecified atom stereocenters. The minimum Gasteiger partial charge on any atom is -0.496 e. The van der Waals surface area contributed by atoms with Crippen LogP contribution in [0.1, 0.15) is 60.5 Å². The molecule has 0 spiro atoms. The Hall–Kier alpha value is -3.32. The number of ether oxygens (including phenoxy) is 1. The minimum atomic E-state index is -3.96. The van der Waals surface area contributed by atoms with Crippen LogP contribution in [0.4, 0.5) is 5.69 Å². The lowest BCUT2D eigenvalue weighted by atomic mass is 9.93. The summed E-state index contributed by atoms with van der Waals surface area (Å²) in [6.45, 7) is 11.6. The molecule has 0 bridgehead atoms. The highest BCUT2D eigenvalue weighted by molar-refractivity contribution is 7.92. The summed E-state index contributed by atoms with van der Waals surface area (Å²) >= 11 is 0. The largest absolute Gasteiger partial charge is 0.496 e. The molecule has 1 atom stereocenters. The van der Waals surface area contributed by atoms with Crippen molar-refractivity contribution < 1.29 is 17.9 Å². The Labute approximate surface area is 215 Å². The number of rotatable bonds is 9. The van der Waals surface area contributed by atoms with E-state index in [0.717, 1.165) is 33.6 Å². The zero-order valence-electron chi connectivity index (χ0n) is 22.1. The summed E-state index contributed by atoms with van der Waals surface area (Å²) in [5.41, 5.74) is 5.47. The molecule has 3 aromatic rings. The van der Waals surface area contributed by atoms with Gasteiger partial charge in [0.05, 0.1) is 23.7 Å². The highest BCUT2D eigenvalue weighted by atomic mass is 32.2. The van der Waals surface area contributed by atoms with E-state index in [0.29, 0.717) is 5.69 Å². The van der Waals surface area contributed by atoms with E-state index < -0.39 is 10.0 Å². The van der Waals surface area contributed by atoms with E-state index in [-0.39, 0.29) is 29.3 Å². The van der Waals surface area contributed by atoms with Crippen LogP contribution in [0.2, 0.25) is 0 Å². The second-order valence-corrected chi connectivity index (χ2v) is 11.4. The molecule has 0 aliphatic carbocycles. The van der Waals surface area contributed by atoms with E-state index >= 15 is 0 Å². The number of hydrogen-bond donors (Lipinski definition) is 1. The SMILES string of the molecule is COc1cc(C)c(C(C)NC(=O)CN(c2ccc(C)c(C)c2)S(=O)(=O)c2ccccc2)cc1C(C)C. The van der Waals surface area contributed by atoms with Crippen LogP contribution in [0.3, 0.4) is 0 Å². The van der Waals surface area contributed by atoms with Gasteiger partial charge in [-0.2, -0.15) is 0 Å². The summed E-state index contributed by atoms with van der Waals surface area (Å²) in [4.78, 5) is 13.4. The fourth-order valence-corrected chi connectivity index (χ4v) is 5.65. The van der Waals surface area contributed by atoms with Crippen LogP contribution in [0.15, 0.2) is 65.6 Å². The highest BCUT2D eigenvalue weighted by Gasteiger charge is 2.28. The summed E-state index contributed by atoms with van der Waals surface area (Å²) in [6.07, 6.45) is 0. The fraction of sp³-hybridized carbons (Fsp3) is 0.345. The molecule has 0 aliphatic heterocycles. The molecule has 6 nitrogen and oxygen atoms in total. The number of nitrogens with zero attached hydrogens (tertiary/aromatic N) is 1. The number of sulfonamides is 1. The van der Waals surface area contributed by atoms with Gasteiger partial charge in [0.2, 0.25) is 5.91 Å². The smallest absolute Gasteiger partial charge is 0.264 e. The molecular formula is C29H36N2O4S. The Morgan fingerprint density at radius 2 is 1.56 bits per heavy atom. The summed E-state index contributed by atoms with van der Waals surface area (Å²) in [7, 11) is -2.31. The quantitative estimate of drug-likeness (QED) is 0.395. The molecule has 36 heavy (non-hydrogen) atoms. The molecule has 1 N–H and O–H groups in total. The van der Waals surface area contributed by atoms with Crippen molar-refractivity contribution in [2.75, 3.05) is 18.0 Å². The number of nitrogens with one attached hydrogen (secondary N) is 1. The van der Waals surface area contributed by atoms with Gasteiger partial charge in [-0.1, -0.05) is 38.1 Å². The number of aryl methyl sites for hydroxylation is 3. The standard InChI is InChI=1S/C29H36N2O4S/c1-19(2)26-17-27(22(5)16-28(26)35-7)23(6)30-29(32)18-31(24-14-13-20(3)21(4)15-24)36(33,34)25-11-9-8-10-12-25/h8-17,19,23H,18H2,1-7H3,(H,30,32). The highest BCUT2D eigenvalue weighted by Crippen LogP contribution is 2.32. The van der Waals surface area contributed by atoms with Crippen molar-refractivity contribution in [1.82, 2.24) is 5.32 Å². The first kappa shape index (κ1) is 27.3. The average molecular weight is 509 g/mol. The Morgan fingerprint density at radius 3 is 2.14 bits per heavy atom. The summed E-state index contributed by atoms with van der Waals surface area (Å²) in [5, 5.41) is 3.00. The van der Waals surface area contributed by atoms with Crippen LogP contribution in [0.5, 0.6) is 5.75 Å². The number of anilines is 1. The third kappa shape index (κ3) is 5.90. The molecule has 0 heterocycles. The van der Waals surface area contributed by atoms with Gasteiger partial charge in [0.15, 0.2) is 0 Å². The molecule has 0 fully saturated rings. The predicted octanol–water partition coefficient (Wildman–Crippen LogP) is 5.82. The molecule has 3 aromatic carbocycles. The number of amides is 1. The van der Waals surface area contributed by atoms with Crippen molar-refractivity contribution in [3.8, 4) is 5.75 Å². The van der Waals surface area contributed by atoms with Crippen molar-refractivity contribution in [3.05, 3.63) is 88.5 Å². The number of hydrogen-bond acceptors (Lipinski definition) is 4. The zero-order chi connectivity index (χ0) is 26.6. The first-order valence-corrected chi connectivity index (χ1v) is 13.5. The van der Waals surface area contributed by atoms with Crippen LogP contribution < -0.4 is 14.4 Å². The minimum absolute atomic E-state index is 0.136. The maximum atomic E-state index is 13.6. The van der Waals surface area contributed by atoms with Gasteiger partial charge in [0, 0.05) is 0 Å². The van der Waals surface area contributed by atoms with E-state index in [1.807, 2.05) is 39.8 Å². The van der Waals surface area contributed by atoms with Gasteiger partial charge in [-0.15, -0.1) is 0 Å². The second-order valence-electron chi connectivity index (χ2n) is 9.49. The monoisotopic (exact) mass is 508 g/mol. The Kier molecular flexibility index (Phi) is 8.46. The maximum Gasteiger partial charge on any atom is 0.264 e. The Bertz CT molecular complexity index is 1330. The number of methoxy groups -OCH3 is 1. The molecule has 7 heteroatoms. The Balaban J connectivity index is 1.93. The summed E-state index contributed by atoms with van der Waals surface area (Å²) < 4.78 is 33.9. The summed E-state index contributed by atoms with van der Waals surface area (Å²) in [5.74, 6) is 0.680. The van der Waals surface area contributed by atoms with Crippen LogP contribution >= 0.6 is 0 Å². The average Bonchev–Trinajstić information content (AvgIpc) is 2.84. The van der Waals surface area contributed by atoms with Crippen LogP contribution in [-0.2, 0) is 14.8 Å². The second kappa shape index (κ2) is 11.2. The van der Waals surface area contributed by atoms with Gasteiger partial charge < -0.3 is 10.1 Å². The van der Waals surface area contributed by atoms with Crippen LogP contribution in [0, 0.1) is 20.8 Å². The maximum absolute atomic E-state index is 13.6. The first-order valence-electron chi connectivity index (χ1n) is 12.1. The van der Waals surface area contributed by atoms with E-state index in [1.165, 1.54) is 16.4 Å². The molecule has 0 aliphatic rings. The van der Waals surface area contributed by atoms with Gasteiger partial charge in [0.25, 0.3) is 10.0 Å². The topological polar surface area (TPSA) is 75.7 Å². The van der Waals surface area contributed by atoms with Gasteiger partial charge in [-0.05, 0) is 97.8 Å². The van der Waals surface area contributed by atoms with Crippen molar-refractivity contribution >= 4 is 21.6 Å². The molecule has 0 saturated carbocycles. The predicted molar refractivity (Wildman–Crippen MR) is 145 cm³/mol. The number of carbonyl (C=O) groups excluding carboxylic acids is 1. The molecular weight excluding hydrogens is 472 g/mol. The third-order valence-electron chi connectivity index (χ3n) is 6.48. The number of carbonyl (C=O) groups is 1. The van der Waals surface area contributed by atoms with E-state index in [1.54, 1.807) is 37.4 Å². The zero-order valence-corrected chi connectivity index (χ0v) is 22.9. The lowest BCUT2D eigenvalue weighted by Crippen LogP contribution is -2.41. The van der Waals surface area contributed by atoms with Gasteiger partial charge in [0.1, 0.15) is 12.3 Å². The molecule has 1 amide bonds. The molecule has 3 rings (SSSR count). The van der Waals surface area contributed by atoms with E-state index in [9.17, 15) is 13.2 Å². The number of benzene rings is 3. The first-order chi connectivity index (χ1) is 16.9. The van der Waals surface area contributed by atoms with Crippen LogP contribution in [-0.4, -0.2) is 28.0 Å². The lowest BCUT2D eigenvalue weighted by Gasteiger charge is -2.26. The van der Waals surface area contributed by atoms with Crippen LogP contribution in [0.25, 0.3) is 0 Å². The Morgan fingerprint density at radius 1 is 0.889 bits per heavy atom. The van der Waals surface area contributed by atoms with Gasteiger partial charge in [-0.25, -0.2) is 8.42 Å². The normalized spacial score (nSPS) is 12.3. The lowest BCUT2D eigenvalue weighted by molar-refractivity contribution is -0.120. The van der Waals surface area contributed by atoms with Gasteiger partial charge >= 0.3 is 0 Å². The molecule has 0 radical (unpaired) electrons. The van der Waals surface area contributed by atoms with Crippen molar-refractivity contribution in [2.24, 2.45) is 0 Å². The summed E-state index contributed by atoms with van der Waals surface area (Å²) in [6, 6.07) is 17.3. The van der Waals surface area contributed by atoms with E-state index in [4.69, 9.17) is 4.74 Å². The molecule has 0 aromatic heterocycles. The van der Waals surface area contributed by atoms with Crippen molar-refractivity contribution in [3.63, 3.8) is 0 Å². The fourth-order valence-electron chi connectivity index (χ4n) is 4.22.